The van der Waals surface area contributed by atoms with Crippen molar-refractivity contribution in [3.05, 3.63) is 0 Å². The van der Waals surface area contributed by atoms with Crippen molar-refractivity contribution in [2.24, 2.45) is 47.3 Å². The predicted molar refractivity (Wildman–Crippen MR) is 98.2 cm³/mol. The van der Waals surface area contributed by atoms with Gasteiger partial charge in [-0.05, 0) is 0 Å². The zero-order valence-electron chi connectivity index (χ0n) is 18.3. The molecule has 4 aliphatic rings. The summed E-state index contributed by atoms with van der Waals surface area (Å²) in [6.07, 6.45) is 0. The van der Waals surface area contributed by atoms with Gasteiger partial charge in [-0.3, -0.25) is 38.4 Å². The Kier molecular flexibility index (Phi) is 6.70. The molecular weight excluding hydrogens is 464 g/mol. The highest BCUT2D eigenvalue weighted by molar-refractivity contribution is 6.10. The Hall–Kier alpha value is -3.84. The third kappa shape index (κ3) is 3.58. The standard InChI is InChI=1S/C12H16O8.C8H4O6/c1-17-9(13)5-6(10(14)18-2)8(12(16)20-4)7(5)11(15)19-3;9-5-1-2(6(10)13-5)4-3(1)7(11)14-8(4)12/h5-8H,1-4H3;1-4H. The van der Waals surface area contributed by atoms with Gasteiger partial charge in [0, 0.05) is 0 Å². The number of rotatable bonds is 4. The van der Waals surface area contributed by atoms with Crippen molar-refractivity contribution < 1.29 is 66.8 Å². The number of carbonyl (C=O) groups is 8. The molecule has 0 aromatic heterocycles. The van der Waals surface area contributed by atoms with Gasteiger partial charge in [-0.2, -0.15) is 0 Å². The van der Waals surface area contributed by atoms with Gasteiger partial charge >= 0.3 is 47.8 Å². The minimum Gasteiger partial charge on any atom is -0.469 e. The monoisotopic (exact) mass is 484 g/mol. The molecule has 2 aliphatic carbocycles. The molecule has 2 aliphatic heterocycles. The number of hydrogen-bond acceptors (Lipinski definition) is 14. The zero-order valence-corrected chi connectivity index (χ0v) is 18.3. The summed E-state index contributed by atoms with van der Waals surface area (Å²) in [5, 5.41) is 0. The molecule has 4 rings (SSSR count). The van der Waals surface area contributed by atoms with E-state index in [1.165, 1.54) is 0 Å². The van der Waals surface area contributed by atoms with Gasteiger partial charge in [0.25, 0.3) is 0 Å². The Morgan fingerprint density at radius 1 is 0.471 bits per heavy atom. The Morgan fingerprint density at radius 3 is 0.794 bits per heavy atom. The SMILES string of the molecule is COC(=O)C1C(C(=O)OC)C(C(=O)OC)C1C(=O)OC.O=C1OC(=O)C2C1C1C(=O)OC(=O)C21. The molecule has 0 unspecified atom stereocenters. The molecule has 0 N–H and O–H groups in total. The average Bonchev–Trinajstić information content (AvgIpc) is 3.14. The first-order valence-electron chi connectivity index (χ1n) is 9.88. The normalized spacial score (nSPS) is 34.5. The molecule has 0 atom stereocenters. The predicted octanol–water partition coefficient (Wildman–Crippen LogP) is -2.21. The molecule has 0 radical (unpaired) electrons. The maximum Gasteiger partial charge on any atom is 0.318 e. The zero-order chi connectivity index (χ0) is 25.5. The minimum absolute atomic E-state index is 0.715. The van der Waals surface area contributed by atoms with Crippen LogP contribution in [0.15, 0.2) is 0 Å². The van der Waals surface area contributed by atoms with Crippen LogP contribution in [0.3, 0.4) is 0 Å². The van der Waals surface area contributed by atoms with Crippen LogP contribution in [0.25, 0.3) is 0 Å². The van der Waals surface area contributed by atoms with Gasteiger partial charge in [0.1, 0.15) is 0 Å². The van der Waals surface area contributed by atoms with Crippen molar-refractivity contribution in [2.75, 3.05) is 28.4 Å². The fourth-order valence-electron chi connectivity index (χ4n) is 4.86. The summed E-state index contributed by atoms with van der Waals surface area (Å²) < 4.78 is 26.9. The Labute approximate surface area is 191 Å². The number of cyclic esters (lactones) is 4. The van der Waals surface area contributed by atoms with Crippen LogP contribution in [0.5, 0.6) is 0 Å². The smallest absolute Gasteiger partial charge is 0.318 e. The fraction of sp³-hybridized carbons (Fsp3) is 0.600. The van der Waals surface area contributed by atoms with E-state index in [0.29, 0.717) is 0 Å². The molecule has 2 saturated heterocycles. The molecule has 4 fully saturated rings. The molecule has 184 valence electrons. The van der Waals surface area contributed by atoms with E-state index in [1.807, 2.05) is 0 Å². The summed E-state index contributed by atoms with van der Waals surface area (Å²) in [4.78, 5) is 91.2. The minimum atomic E-state index is -1.12. The van der Waals surface area contributed by atoms with E-state index >= 15 is 0 Å². The summed E-state index contributed by atoms with van der Waals surface area (Å²) >= 11 is 0. The third-order valence-electron chi connectivity index (χ3n) is 6.48. The van der Waals surface area contributed by atoms with E-state index in [4.69, 9.17) is 0 Å². The maximum atomic E-state index is 11.7. The van der Waals surface area contributed by atoms with Crippen LogP contribution in [0, 0.1) is 47.3 Å². The topological polar surface area (TPSA) is 192 Å². The van der Waals surface area contributed by atoms with E-state index in [1.54, 1.807) is 0 Å². The first kappa shape index (κ1) is 24.8. The van der Waals surface area contributed by atoms with Crippen LogP contribution in [0.4, 0.5) is 0 Å². The van der Waals surface area contributed by atoms with Crippen molar-refractivity contribution in [3.8, 4) is 0 Å². The molecule has 14 nitrogen and oxygen atoms in total. The second kappa shape index (κ2) is 9.19. The van der Waals surface area contributed by atoms with E-state index in [-0.39, 0.29) is 0 Å². The Morgan fingerprint density at radius 2 is 0.647 bits per heavy atom. The van der Waals surface area contributed by atoms with Gasteiger partial charge in [0.15, 0.2) is 0 Å². The highest BCUT2D eigenvalue weighted by atomic mass is 16.6. The van der Waals surface area contributed by atoms with Crippen LogP contribution in [0.1, 0.15) is 0 Å². The van der Waals surface area contributed by atoms with Gasteiger partial charge in [-0.1, -0.05) is 0 Å². The summed E-state index contributed by atoms with van der Waals surface area (Å²) in [7, 11) is 4.49. The second-order valence-electron chi connectivity index (χ2n) is 7.78. The van der Waals surface area contributed by atoms with Crippen LogP contribution in [-0.2, 0) is 66.8 Å². The van der Waals surface area contributed by atoms with Gasteiger partial charge in [0.05, 0.1) is 75.8 Å². The van der Waals surface area contributed by atoms with E-state index < -0.39 is 95.1 Å². The molecule has 0 spiro atoms. The number of ether oxygens (including phenoxy) is 6. The number of methoxy groups -OCH3 is 4. The largest absolute Gasteiger partial charge is 0.469 e. The molecule has 14 heteroatoms. The quantitative estimate of drug-likeness (QED) is 0.237. The van der Waals surface area contributed by atoms with E-state index in [9.17, 15) is 38.4 Å². The maximum absolute atomic E-state index is 11.7. The van der Waals surface area contributed by atoms with Crippen LogP contribution < -0.4 is 0 Å². The van der Waals surface area contributed by atoms with Crippen molar-refractivity contribution in [3.63, 3.8) is 0 Å². The lowest BCUT2D eigenvalue weighted by Crippen LogP contribution is -2.60. The molecule has 0 bridgehead atoms. The second-order valence-corrected chi connectivity index (χ2v) is 7.78. The summed E-state index contributed by atoms with van der Waals surface area (Å²) in [6, 6.07) is 0. The molecule has 34 heavy (non-hydrogen) atoms. The lowest BCUT2D eigenvalue weighted by Gasteiger charge is -2.44. The third-order valence-corrected chi connectivity index (χ3v) is 6.48. The number of carbonyl (C=O) groups excluding carboxylic acids is 8. The molecule has 2 heterocycles. The van der Waals surface area contributed by atoms with Crippen molar-refractivity contribution >= 4 is 47.8 Å². The molecule has 2 saturated carbocycles. The highest BCUT2D eigenvalue weighted by Crippen LogP contribution is 2.55. The number of hydrogen-bond donors (Lipinski definition) is 0. The lowest BCUT2D eigenvalue weighted by atomic mass is 9.56. The van der Waals surface area contributed by atoms with Gasteiger partial charge in [0.2, 0.25) is 0 Å². The van der Waals surface area contributed by atoms with Gasteiger partial charge in [-0.25, -0.2) is 0 Å². The van der Waals surface area contributed by atoms with Crippen molar-refractivity contribution in [1.29, 1.82) is 0 Å². The number of fused-ring (bicyclic) bond motifs is 4. The first-order chi connectivity index (χ1) is 16.0. The van der Waals surface area contributed by atoms with Crippen molar-refractivity contribution in [2.45, 2.75) is 0 Å². The average molecular weight is 484 g/mol. The van der Waals surface area contributed by atoms with Crippen LogP contribution in [0.2, 0.25) is 0 Å². The van der Waals surface area contributed by atoms with Gasteiger partial charge < -0.3 is 28.4 Å². The molecule has 0 amide bonds. The first-order valence-corrected chi connectivity index (χ1v) is 9.88. The Balaban J connectivity index is 0.000000201. The fourth-order valence-corrected chi connectivity index (χ4v) is 4.86. The Bertz CT molecular complexity index is 812. The lowest BCUT2D eigenvalue weighted by molar-refractivity contribution is -0.196. The number of esters is 8. The van der Waals surface area contributed by atoms with E-state index in [2.05, 4.69) is 28.4 Å². The molecule has 0 aromatic rings. The van der Waals surface area contributed by atoms with Crippen molar-refractivity contribution in [1.82, 2.24) is 0 Å². The molecule has 0 aromatic carbocycles. The highest BCUT2D eigenvalue weighted by Gasteiger charge is 2.72. The summed E-state index contributed by atoms with van der Waals surface area (Å²) in [5.41, 5.74) is 0. The van der Waals surface area contributed by atoms with E-state index in [0.717, 1.165) is 28.4 Å². The van der Waals surface area contributed by atoms with Crippen LogP contribution in [-0.4, -0.2) is 76.2 Å². The summed E-state index contributed by atoms with van der Waals surface area (Å²) in [5.74, 6) is -13.6. The van der Waals surface area contributed by atoms with Crippen LogP contribution >= 0.6 is 0 Å². The summed E-state index contributed by atoms with van der Waals surface area (Å²) in [6.45, 7) is 0. The van der Waals surface area contributed by atoms with Gasteiger partial charge in [-0.15, -0.1) is 0 Å². The molecular formula is C20H20O14.